The van der Waals surface area contributed by atoms with Crippen LogP contribution >= 0.6 is 0 Å². The highest BCUT2D eigenvalue weighted by molar-refractivity contribution is 5.94. The average Bonchev–Trinajstić information content (AvgIpc) is 2.95. The van der Waals surface area contributed by atoms with Crippen molar-refractivity contribution in [2.24, 2.45) is 11.3 Å². The first-order chi connectivity index (χ1) is 20.1. The number of anilines is 3. The molecule has 1 aromatic heterocycles. The number of aromatic nitrogens is 3. The Balaban J connectivity index is 1.37. The zero-order valence-corrected chi connectivity index (χ0v) is 23.0. The molecule has 5 aliphatic rings. The lowest BCUT2D eigenvalue weighted by Gasteiger charge is -2.42. The van der Waals surface area contributed by atoms with Crippen molar-refractivity contribution in [3.63, 3.8) is 0 Å². The topological polar surface area (TPSA) is 132 Å². The van der Waals surface area contributed by atoms with Gasteiger partial charge in [-0.05, 0) is 42.0 Å². The molecule has 11 nitrogen and oxygen atoms in total. The van der Waals surface area contributed by atoms with E-state index in [1.165, 1.54) is 0 Å². The Morgan fingerprint density at radius 2 is 1.71 bits per heavy atom. The fourth-order valence-corrected chi connectivity index (χ4v) is 4.33. The highest BCUT2D eigenvalue weighted by Gasteiger charge is 2.38. The largest absolute Gasteiger partial charge is 0.493 e. The van der Waals surface area contributed by atoms with Gasteiger partial charge in [-0.2, -0.15) is 28.1 Å². The second-order valence-corrected chi connectivity index (χ2v) is 10.6. The highest BCUT2D eigenvalue weighted by atomic mass is 19.4. The Bertz CT molecular complexity index is 1350. The van der Waals surface area contributed by atoms with E-state index in [1.54, 1.807) is 24.3 Å². The minimum atomic E-state index is -4.56. The molecule has 1 fully saturated rings. The molecule has 1 atom stereocenters. The van der Waals surface area contributed by atoms with Crippen molar-refractivity contribution in [3.8, 4) is 11.8 Å². The predicted molar refractivity (Wildman–Crippen MR) is 148 cm³/mol. The van der Waals surface area contributed by atoms with Gasteiger partial charge in [0, 0.05) is 48.8 Å². The number of ether oxygens (including phenoxy) is 3. The molecule has 0 radical (unpaired) electrons. The standard InChI is InChI=1S/C28H32F3N7O4/c1-18-10-32-13-27(15-40-16-27)14-34-23(39)20-4-6-21(7-5-20)35-25-36-24(37-26(38-25)42-17-28(29,30)31)33-11-19-2-8-22(9-3-19)41-12-18/h2-9,18,32H,10-17H2,1H3,(H,34,39)(H2,33,35,36,37,38). The second-order valence-electron chi connectivity index (χ2n) is 10.6. The smallest absolute Gasteiger partial charge is 0.422 e. The van der Waals surface area contributed by atoms with E-state index >= 15 is 0 Å². The molecule has 224 valence electrons. The third kappa shape index (κ3) is 8.19. The molecule has 1 unspecified atom stereocenters. The summed E-state index contributed by atoms with van der Waals surface area (Å²) in [4.78, 5) is 25.1. The number of nitrogens with zero attached hydrogens (tertiary/aromatic N) is 3. The van der Waals surface area contributed by atoms with Gasteiger partial charge in [0.2, 0.25) is 11.9 Å². The summed E-state index contributed by atoms with van der Waals surface area (Å²) in [5.41, 5.74) is 1.65. The molecule has 0 saturated carbocycles. The van der Waals surface area contributed by atoms with E-state index in [9.17, 15) is 18.0 Å². The molecule has 0 aliphatic carbocycles. The summed E-state index contributed by atoms with van der Waals surface area (Å²) in [6.45, 7) is 4.35. The first kappa shape index (κ1) is 29.3. The maximum Gasteiger partial charge on any atom is 0.422 e. The summed E-state index contributed by atoms with van der Waals surface area (Å²) in [6, 6.07) is 13.5. The molecule has 1 spiro atoms. The van der Waals surface area contributed by atoms with Crippen LogP contribution < -0.4 is 30.7 Å². The molecule has 3 aromatic rings. The fourth-order valence-electron chi connectivity index (χ4n) is 4.33. The van der Waals surface area contributed by atoms with Gasteiger partial charge in [0.15, 0.2) is 6.61 Å². The van der Waals surface area contributed by atoms with E-state index in [0.717, 1.165) is 12.1 Å². The zero-order chi connectivity index (χ0) is 29.6. The average molecular weight is 588 g/mol. The molecule has 42 heavy (non-hydrogen) atoms. The predicted octanol–water partition coefficient (Wildman–Crippen LogP) is 3.53. The molecule has 1 saturated heterocycles. The van der Waals surface area contributed by atoms with Crippen LogP contribution in [0.1, 0.15) is 22.8 Å². The van der Waals surface area contributed by atoms with Gasteiger partial charge in [-0.25, -0.2) is 0 Å². The second kappa shape index (κ2) is 12.8. The number of carbonyl (C=O) groups is 1. The van der Waals surface area contributed by atoms with Crippen LogP contribution in [-0.2, 0) is 11.3 Å². The summed E-state index contributed by atoms with van der Waals surface area (Å²) in [5, 5.41) is 12.4. The number of alkyl halides is 3. The van der Waals surface area contributed by atoms with Crippen LogP contribution in [0.2, 0.25) is 0 Å². The molecule has 2 aromatic carbocycles. The molecular formula is C28H32F3N7O4. The highest BCUT2D eigenvalue weighted by Crippen LogP contribution is 2.26. The molecule has 5 aliphatic heterocycles. The molecule has 8 rings (SSSR count). The SMILES string of the molecule is CC1CNCC2(CNC(=O)c3ccc(cc3)Nc3nc(nc(OCC(F)(F)F)n3)NCc3ccc(cc3)OC1)COC2. The summed E-state index contributed by atoms with van der Waals surface area (Å²) >= 11 is 0. The number of carbonyl (C=O) groups excluding carboxylic acids is 1. The number of nitrogens with one attached hydrogen (secondary N) is 4. The number of amides is 1. The number of benzene rings is 2. The van der Waals surface area contributed by atoms with E-state index < -0.39 is 18.8 Å². The van der Waals surface area contributed by atoms with Crippen molar-refractivity contribution in [2.45, 2.75) is 19.6 Å². The summed E-state index contributed by atoms with van der Waals surface area (Å²) in [6.07, 6.45) is -4.56. The molecule has 4 N–H and O–H groups in total. The fraction of sp³-hybridized carbons (Fsp3) is 0.429. The Morgan fingerprint density at radius 1 is 0.976 bits per heavy atom. The maximum atomic E-state index is 12.8. The normalized spacial score (nSPS) is 19.4. The van der Waals surface area contributed by atoms with Crippen molar-refractivity contribution in [1.29, 1.82) is 0 Å². The number of hydrogen-bond donors (Lipinski definition) is 4. The van der Waals surface area contributed by atoms with E-state index in [4.69, 9.17) is 14.2 Å². The molecule has 1 amide bonds. The van der Waals surface area contributed by atoms with E-state index in [2.05, 4.69) is 43.1 Å². The third-order valence-corrected chi connectivity index (χ3v) is 6.72. The van der Waals surface area contributed by atoms with Crippen LogP contribution in [0.3, 0.4) is 0 Å². The van der Waals surface area contributed by atoms with Gasteiger partial charge in [0.25, 0.3) is 5.91 Å². The molecule has 6 heterocycles. The van der Waals surface area contributed by atoms with E-state index in [1.807, 2.05) is 24.3 Å². The number of hydrogen-bond acceptors (Lipinski definition) is 10. The van der Waals surface area contributed by atoms with Gasteiger partial charge >= 0.3 is 12.2 Å². The van der Waals surface area contributed by atoms with Gasteiger partial charge in [-0.15, -0.1) is 0 Å². The third-order valence-electron chi connectivity index (χ3n) is 6.72. The lowest BCUT2D eigenvalue weighted by atomic mass is 9.85. The molecule has 6 bridgehead atoms. The van der Waals surface area contributed by atoms with Crippen molar-refractivity contribution < 1.29 is 32.2 Å². The van der Waals surface area contributed by atoms with Crippen molar-refractivity contribution in [2.75, 3.05) is 56.7 Å². The molecule has 14 heteroatoms. The summed E-state index contributed by atoms with van der Waals surface area (Å²) in [7, 11) is 0. The van der Waals surface area contributed by atoms with E-state index in [0.29, 0.717) is 49.9 Å². The quantitative estimate of drug-likeness (QED) is 0.353. The van der Waals surface area contributed by atoms with Gasteiger partial charge in [0.05, 0.1) is 19.8 Å². The first-order valence-electron chi connectivity index (χ1n) is 13.5. The van der Waals surface area contributed by atoms with Crippen LogP contribution in [0.25, 0.3) is 0 Å². The summed E-state index contributed by atoms with van der Waals surface area (Å²) in [5.74, 6) is 0.707. The zero-order valence-electron chi connectivity index (χ0n) is 23.0. The minimum absolute atomic E-state index is 0.0192. The van der Waals surface area contributed by atoms with Crippen molar-refractivity contribution in [3.05, 3.63) is 59.7 Å². The van der Waals surface area contributed by atoms with Crippen LogP contribution in [-0.4, -0.2) is 73.1 Å². The summed E-state index contributed by atoms with van der Waals surface area (Å²) < 4.78 is 54.5. The minimum Gasteiger partial charge on any atom is -0.493 e. The van der Waals surface area contributed by atoms with Crippen LogP contribution in [0, 0.1) is 11.3 Å². The van der Waals surface area contributed by atoms with Gasteiger partial charge < -0.3 is 35.5 Å². The Labute approximate surface area is 240 Å². The monoisotopic (exact) mass is 587 g/mol. The Morgan fingerprint density at radius 3 is 2.40 bits per heavy atom. The van der Waals surface area contributed by atoms with Crippen molar-refractivity contribution >= 4 is 23.5 Å². The van der Waals surface area contributed by atoms with Gasteiger partial charge in [-0.3, -0.25) is 4.79 Å². The Kier molecular flexibility index (Phi) is 8.92. The van der Waals surface area contributed by atoms with Gasteiger partial charge in [-0.1, -0.05) is 19.1 Å². The number of rotatable bonds is 2. The van der Waals surface area contributed by atoms with Crippen molar-refractivity contribution in [1.82, 2.24) is 25.6 Å². The Hall–Kier alpha value is -4.17. The lowest BCUT2D eigenvalue weighted by molar-refractivity contribution is -0.154. The van der Waals surface area contributed by atoms with Gasteiger partial charge in [0.1, 0.15) is 5.75 Å². The van der Waals surface area contributed by atoms with Crippen LogP contribution in [0.4, 0.5) is 30.8 Å². The first-order valence-corrected chi connectivity index (χ1v) is 13.5. The molecular weight excluding hydrogens is 555 g/mol. The maximum absolute atomic E-state index is 12.8. The van der Waals surface area contributed by atoms with Crippen LogP contribution in [0.5, 0.6) is 11.8 Å². The number of halogens is 3. The lowest BCUT2D eigenvalue weighted by Crippen LogP contribution is -2.56. The van der Waals surface area contributed by atoms with Crippen LogP contribution in [0.15, 0.2) is 48.5 Å². The van der Waals surface area contributed by atoms with E-state index in [-0.39, 0.29) is 35.7 Å².